The number of rotatable bonds is 6. The van der Waals surface area contributed by atoms with Crippen molar-refractivity contribution in [3.05, 3.63) is 63.9 Å². The topological polar surface area (TPSA) is 84.5 Å². The van der Waals surface area contributed by atoms with E-state index in [1.165, 1.54) is 18.2 Å². The molecule has 0 aromatic heterocycles. The first kappa shape index (κ1) is 23.9. The van der Waals surface area contributed by atoms with Crippen molar-refractivity contribution in [1.29, 1.82) is 0 Å². The molecule has 1 unspecified atom stereocenters. The van der Waals surface area contributed by atoms with E-state index in [4.69, 9.17) is 28.9 Å². The highest BCUT2D eigenvalue weighted by Gasteiger charge is 2.18. The molecule has 0 radical (unpaired) electrons. The van der Waals surface area contributed by atoms with E-state index >= 15 is 0 Å². The number of benzene rings is 2. The summed E-state index contributed by atoms with van der Waals surface area (Å²) >= 11 is 12.0. The van der Waals surface area contributed by atoms with Gasteiger partial charge in [-0.2, -0.15) is 0 Å². The summed E-state index contributed by atoms with van der Waals surface area (Å²) in [5.74, 6) is -1.08. The van der Waals surface area contributed by atoms with E-state index in [1.807, 2.05) is 6.92 Å². The molecule has 2 aromatic carbocycles. The number of guanidine groups is 1. The van der Waals surface area contributed by atoms with Gasteiger partial charge in [-0.15, -0.1) is 24.0 Å². The second kappa shape index (κ2) is 10.4. The van der Waals surface area contributed by atoms with Crippen LogP contribution in [-0.2, 0) is 9.84 Å². The molecular weight excluding hydrogens is 527 g/mol. The van der Waals surface area contributed by atoms with E-state index in [0.717, 1.165) is 11.6 Å². The van der Waals surface area contributed by atoms with Crippen LogP contribution in [0.4, 0.5) is 4.39 Å². The summed E-state index contributed by atoms with van der Waals surface area (Å²) in [5.41, 5.74) is 6.56. The van der Waals surface area contributed by atoms with E-state index < -0.39 is 15.7 Å². The van der Waals surface area contributed by atoms with E-state index in [0.29, 0.717) is 10.0 Å². The van der Waals surface area contributed by atoms with Crippen molar-refractivity contribution in [2.45, 2.75) is 17.9 Å². The van der Waals surface area contributed by atoms with Gasteiger partial charge in [0, 0.05) is 10.0 Å². The van der Waals surface area contributed by atoms with Gasteiger partial charge < -0.3 is 11.1 Å². The van der Waals surface area contributed by atoms with E-state index in [9.17, 15) is 12.8 Å². The normalized spacial score (nSPS) is 13.0. The molecule has 2 rings (SSSR count). The summed E-state index contributed by atoms with van der Waals surface area (Å²) in [7, 11) is -3.78. The fourth-order valence-electron chi connectivity index (χ4n) is 2.29. The van der Waals surface area contributed by atoms with E-state index in [1.54, 1.807) is 18.2 Å². The predicted molar refractivity (Wildman–Crippen MR) is 118 cm³/mol. The second-order valence-corrected chi connectivity index (χ2v) is 8.47. The molecule has 0 saturated heterocycles. The maximum atomic E-state index is 13.6. The Morgan fingerprint density at radius 2 is 1.93 bits per heavy atom. The third kappa shape index (κ3) is 6.78. The fraction of sp³-hybridized carbons (Fsp3) is 0.235. The first-order valence-corrected chi connectivity index (χ1v) is 10.1. The van der Waals surface area contributed by atoms with Gasteiger partial charge in [-0.3, -0.25) is 4.99 Å². The average Bonchev–Trinajstić information content (AvgIpc) is 2.54. The summed E-state index contributed by atoms with van der Waals surface area (Å²) < 4.78 is 37.9. The molecule has 1 atom stereocenters. The van der Waals surface area contributed by atoms with E-state index in [2.05, 4.69) is 10.3 Å². The second-order valence-electron chi connectivity index (χ2n) is 5.55. The van der Waals surface area contributed by atoms with Crippen LogP contribution in [0.2, 0.25) is 10.0 Å². The number of halogens is 4. The molecule has 0 amide bonds. The highest BCUT2D eigenvalue weighted by molar-refractivity contribution is 14.0. The van der Waals surface area contributed by atoms with Crippen molar-refractivity contribution in [1.82, 2.24) is 5.32 Å². The minimum absolute atomic E-state index is 0. The zero-order chi connectivity index (χ0) is 19.3. The van der Waals surface area contributed by atoms with Crippen LogP contribution in [0.5, 0.6) is 0 Å². The van der Waals surface area contributed by atoms with Crippen LogP contribution >= 0.6 is 47.2 Å². The Morgan fingerprint density at radius 3 is 2.56 bits per heavy atom. The average molecular weight is 546 g/mol. The number of hydrogen-bond donors (Lipinski definition) is 2. The first-order chi connectivity index (χ1) is 12.2. The fourth-order valence-corrected chi connectivity index (χ4v) is 4.07. The Morgan fingerprint density at radius 1 is 1.26 bits per heavy atom. The lowest BCUT2D eigenvalue weighted by Crippen LogP contribution is -2.34. The lowest BCUT2D eigenvalue weighted by Gasteiger charge is -2.16. The Hall–Kier alpha value is -1.10. The zero-order valence-corrected chi connectivity index (χ0v) is 19.0. The minimum atomic E-state index is -3.78. The zero-order valence-electron chi connectivity index (χ0n) is 14.3. The standard InChI is InChI=1S/C17H18Cl2FN3O2S.HI/c1-11(13-7-6-12(18)10-14(13)19)23-17(21)22-8-9-26(24,25)16-5-3-2-4-15(16)20;/h2-7,10-11H,8-9H2,1H3,(H3,21,22,23);1H. The van der Waals surface area contributed by atoms with Crippen molar-refractivity contribution >= 4 is 63.0 Å². The number of aliphatic imine (C=N–C) groups is 1. The molecule has 0 spiro atoms. The molecule has 10 heteroatoms. The van der Waals surface area contributed by atoms with Crippen LogP contribution in [0, 0.1) is 5.82 Å². The molecule has 2 aromatic rings. The van der Waals surface area contributed by atoms with Crippen LogP contribution in [0.15, 0.2) is 52.4 Å². The van der Waals surface area contributed by atoms with Gasteiger partial charge in [-0.05, 0) is 36.8 Å². The molecular formula is C17H19Cl2FIN3O2S. The summed E-state index contributed by atoms with van der Waals surface area (Å²) in [6, 6.07) is 10.0. The molecule has 0 aliphatic rings. The number of nitrogens with two attached hydrogens (primary N) is 1. The van der Waals surface area contributed by atoms with E-state index in [-0.39, 0.29) is 53.2 Å². The molecule has 0 saturated carbocycles. The molecule has 3 N–H and O–H groups in total. The van der Waals surface area contributed by atoms with Crippen LogP contribution in [-0.4, -0.2) is 26.7 Å². The van der Waals surface area contributed by atoms with Gasteiger partial charge in [-0.1, -0.05) is 41.4 Å². The largest absolute Gasteiger partial charge is 0.370 e. The minimum Gasteiger partial charge on any atom is -0.370 e. The van der Waals surface area contributed by atoms with Crippen molar-refractivity contribution in [2.24, 2.45) is 10.7 Å². The number of hydrogen-bond acceptors (Lipinski definition) is 3. The first-order valence-electron chi connectivity index (χ1n) is 7.69. The predicted octanol–water partition coefficient (Wildman–Crippen LogP) is 4.19. The van der Waals surface area contributed by atoms with Crippen LogP contribution in [0.25, 0.3) is 0 Å². The van der Waals surface area contributed by atoms with Crippen LogP contribution < -0.4 is 11.1 Å². The quantitative estimate of drug-likeness (QED) is 0.324. The molecule has 0 fully saturated rings. The van der Waals surface area contributed by atoms with Crippen LogP contribution in [0.1, 0.15) is 18.5 Å². The van der Waals surface area contributed by atoms with Crippen LogP contribution in [0.3, 0.4) is 0 Å². The van der Waals surface area contributed by atoms with Gasteiger partial charge in [0.05, 0.1) is 18.3 Å². The summed E-state index contributed by atoms with van der Waals surface area (Å²) in [4.78, 5) is 3.65. The summed E-state index contributed by atoms with van der Waals surface area (Å²) in [6.45, 7) is 1.73. The number of sulfone groups is 1. The molecule has 27 heavy (non-hydrogen) atoms. The maximum Gasteiger partial charge on any atom is 0.189 e. The highest BCUT2D eigenvalue weighted by Crippen LogP contribution is 2.25. The van der Waals surface area contributed by atoms with Crippen molar-refractivity contribution < 1.29 is 12.8 Å². The number of nitrogens with zero attached hydrogens (tertiary/aromatic N) is 1. The van der Waals surface area contributed by atoms with Gasteiger partial charge in [-0.25, -0.2) is 12.8 Å². The van der Waals surface area contributed by atoms with Crippen molar-refractivity contribution in [3.8, 4) is 0 Å². The van der Waals surface area contributed by atoms with Gasteiger partial charge in [0.1, 0.15) is 10.7 Å². The Balaban J connectivity index is 0.00000364. The summed E-state index contributed by atoms with van der Waals surface area (Å²) in [6.07, 6.45) is 0. The van der Waals surface area contributed by atoms with Crippen molar-refractivity contribution in [3.63, 3.8) is 0 Å². The smallest absolute Gasteiger partial charge is 0.189 e. The SMILES string of the molecule is CC(NC(N)=NCCS(=O)(=O)c1ccccc1F)c1ccc(Cl)cc1Cl.I. The molecule has 5 nitrogen and oxygen atoms in total. The van der Waals surface area contributed by atoms with Gasteiger partial charge in [0.15, 0.2) is 15.8 Å². The third-order valence-electron chi connectivity index (χ3n) is 3.61. The molecule has 148 valence electrons. The lowest BCUT2D eigenvalue weighted by molar-refractivity contribution is 0.567. The number of nitrogens with one attached hydrogen (secondary N) is 1. The van der Waals surface area contributed by atoms with Gasteiger partial charge >= 0.3 is 0 Å². The summed E-state index contributed by atoms with van der Waals surface area (Å²) in [5, 5.41) is 3.92. The molecule has 0 heterocycles. The van der Waals surface area contributed by atoms with Gasteiger partial charge in [0.25, 0.3) is 0 Å². The third-order valence-corrected chi connectivity index (χ3v) is 5.89. The Bertz CT molecular complexity index is 926. The molecule has 0 bridgehead atoms. The molecule has 0 aliphatic carbocycles. The highest BCUT2D eigenvalue weighted by atomic mass is 127. The Labute approximate surface area is 185 Å². The lowest BCUT2D eigenvalue weighted by atomic mass is 10.1. The van der Waals surface area contributed by atoms with Crippen molar-refractivity contribution in [2.75, 3.05) is 12.3 Å². The maximum absolute atomic E-state index is 13.6. The molecule has 0 aliphatic heterocycles. The monoisotopic (exact) mass is 545 g/mol. The van der Waals surface area contributed by atoms with Gasteiger partial charge in [0.2, 0.25) is 0 Å². The Kier molecular flexibility index (Phi) is 9.26.